The third-order valence-electron chi connectivity index (χ3n) is 2.29. The maximum atomic E-state index is 10.5. The molecule has 100 valence electrons. The molecule has 17 heavy (non-hydrogen) atoms. The molecule has 0 spiro atoms. The number of aliphatic hydroxyl groups is 2. The summed E-state index contributed by atoms with van der Waals surface area (Å²) >= 11 is 5.84. The van der Waals surface area contributed by atoms with Gasteiger partial charge >= 0.3 is 0 Å². The standard InChI is InChI=1S/C8H15ClN2O5S/c9-6-5(7(12)11-8(13)10-6)3-1-2-4-17(14,15)16/h6,8,10-13H,1-4H2,(H,14,15,16). The molecular formula is C8H15ClN2O5S. The van der Waals surface area contributed by atoms with Crippen LogP contribution in [-0.4, -0.2) is 40.8 Å². The number of nitrogens with one attached hydrogen (secondary N) is 2. The smallest absolute Gasteiger partial charge is 0.264 e. The van der Waals surface area contributed by atoms with E-state index in [0.29, 0.717) is 18.4 Å². The zero-order valence-electron chi connectivity index (χ0n) is 8.93. The maximum absolute atomic E-state index is 10.5. The average Bonchev–Trinajstić information content (AvgIpc) is 2.13. The van der Waals surface area contributed by atoms with Crippen LogP contribution in [0.4, 0.5) is 0 Å². The topological polar surface area (TPSA) is 119 Å². The lowest BCUT2D eigenvalue weighted by atomic mass is 10.1. The Kier molecular flexibility index (Phi) is 5.02. The maximum Gasteiger partial charge on any atom is 0.264 e. The van der Waals surface area contributed by atoms with Crippen LogP contribution in [0.2, 0.25) is 0 Å². The van der Waals surface area contributed by atoms with Crippen molar-refractivity contribution < 1.29 is 23.2 Å². The molecule has 1 heterocycles. The Bertz CT molecular complexity index is 397. The summed E-state index contributed by atoms with van der Waals surface area (Å²) in [6, 6.07) is 0. The van der Waals surface area contributed by atoms with Crippen LogP contribution in [0.15, 0.2) is 11.5 Å². The molecule has 0 aromatic heterocycles. The second-order valence-electron chi connectivity index (χ2n) is 3.69. The first-order valence-electron chi connectivity index (χ1n) is 5.01. The van der Waals surface area contributed by atoms with Crippen LogP contribution in [0.1, 0.15) is 19.3 Å². The molecule has 1 aliphatic rings. The van der Waals surface area contributed by atoms with Gasteiger partial charge in [-0.05, 0) is 19.3 Å². The van der Waals surface area contributed by atoms with E-state index in [0.717, 1.165) is 0 Å². The molecule has 2 unspecified atom stereocenters. The Labute approximate surface area is 104 Å². The summed E-state index contributed by atoms with van der Waals surface area (Å²) < 4.78 is 29.4. The first kappa shape index (κ1) is 14.5. The molecule has 0 saturated carbocycles. The summed E-state index contributed by atoms with van der Waals surface area (Å²) in [6.07, 6.45) is -0.0367. The van der Waals surface area contributed by atoms with Gasteiger partial charge in [-0.25, -0.2) is 0 Å². The summed E-state index contributed by atoms with van der Waals surface area (Å²) in [5.41, 5.74) is -0.260. The number of hydrogen-bond donors (Lipinski definition) is 5. The minimum absolute atomic E-state index is 0.205. The van der Waals surface area contributed by atoms with Gasteiger partial charge in [0.25, 0.3) is 10.1 Å². The van der Waals surface area contributed by atoms with Gasteiger partial charge in [0.1, 0.15) is 5.50 Å². The van der Waals surface area contributed by atoms with E-state index in [-0.39, 0.29) is 18.1 Å². The largest absolute Gasteiger partial charge is 0.495 e. The first-order chi connectivity index (χ1) is 7.79. The first-order valence-corrected chi connectivity index (χ1v) is 7.06. The van der Waals surface area contributed by atoms with Crippen LogP contribution in [0.5, 0.6) is 0 Å². The SMILES string of the molecule is O=S(=O)(O)CCCCC1=C(O)NC(O)NC1Cl. The molecule has 0 saturated heterocycles. The summed E-state index contributed by atoms with van der Waals surface area (Å²) in [6.45, 7) is 0. The Morgan fingerprint density at radius 3 is 2.53 bits per heavy atom. The number of aliphatic hydroxyl groups excluding tert-OH is 2. The van der Waals surface area contributed by atoms with Crippen molar-refractivity contribution in [2.45, 2.75) is 31.1 Å². The average molecular weight is 287 g/mol. The zero-order valence-corrected chi connectivity index (χ0v) is 10.5. The highest BCUT2D eigenvalue weighted by atomic mass is 35.5. The molecule has 0 radical (unpaired) electrons. The molecule has 2 atom stereocenters. The second kappa shape index (κ2) is 5.87. The molecule has 5 N–H and O–H groups in total. The van der Waals surface area contributed by atoms with Gasteiger partial charge in [0.15, 0.2) is 12.2 Å². The molecule has 0 aromatic rings. The van der Waals surface area contributed by atoms with E-state index < -0.39 is 22.0 Å². The van der Waals surface area contributed by atoms with Crippen molar-refractivity contribution in [2.24, 2.45) is 0 Å². The third kappa shape index (κ3) is 5.09. The molecule has 0 aliphatic carbocycles. The summed E-state index contributed by atoms with van der Waals surface area (Å²) in [7, 11) is -3.95. The van der Waals surface area contributed by atoms with Crippen LogP contribution < -0.4 is 10.6 Å². The van der Waals surface area contributed by atoms with Gasteiger partial charge in [0.05, 0.1) is 5.75 Å². The van der Waals surface area contributed by atoms with Crippen molar-refractivity contribution in [1.29, 1.82) is 0 Å². The molecule has 0 fully saturated rings. The fourth-order valence-corrected chi connectivity index (χ4v) is 2.37. The van der Waals surface area contributed by atoms with Crippen molar-refractivity contribution in [3.63, 3.8) is 0 Å². The number of unbranched alkanes of at least 4 members (excludes halogenated alkanes) is 1. The van der Waals surface area contributed by atoms with Gasteiger partial charge in [-0.3, -0.25) is 9.87 Å². The van der Waals surface area contributed by atoms with E-state index in [1.165, 1.54) is 0 Å². The van der Waals surface area contributed by atoms with Gasteiger partial charge in [-0.2, -0.15) is 8.42 Å². The van der Waals surface area contributed by atoms with Crippen molar-refractivity contribution in [1.82, 2.24) is 10.6 Å². The second-order valence-corrected chi connectivity index (χ2v) is 5.70. The Hall–Kier alpha value is -0.540. The Morgan fingerprint density at radius 2 is 2.00 bits per heavy atom. The minimum Gasteiger partial charge on any atom is -0.495 e. The van der Waals surface area contributed by atoms with Gasteiger partial charge in [0.2, 0.25) is 0 Å². The summed E-state index contributed by atoms with van der Waals surface area (Å²) in [5, 5.41) is 23.5. The van der Waals surface area contributed by atoms with E-state index in [1.54, 1.807) is 0 Å². The molecule has 0 amide bonds. The van der Waals surface area contributed by atoms with E-state index in [4.69, 9.17) is 21.3 Å². The predicted octanol–water partition coefficient (Wildman–Crippen LogP) is -0.152. The predicted molar refractivity (Wildman–Crippen MR) is 61.8 cm³/mol. The third-order valence-corrected chi connectivity index (χ3v) is 3.48. The lowest BCUT2D eigenvalue weighted by Crippen LogP contribution is -2.50. The van der Waals surface area contributed by atoms with Crippen molar-refractivity contribution in [2.75, 3.05) is 5.75 Å². The number of alkyl halides is 1. The zero-order chi connectivity index (χ0) is 13.1. The Morgan fingerprint density at radius 1 is 1.35 bits per heavy atom. The monoisotopic (exact) mass is 286 g/mol. The van der Waals surface area contributed by atoms with E-state index in [2.05, 4.69) is 10.6 Å². The van der Waals surface area contributed by atoms with Crippen LogP contribution in [0.3, 0.4) is 0 Å². The number of hydrogen-bond acceptors (Lipinski definition) is 6. The molecule has 0 bridgehead atoms. The molecule has 1 aliphatic heterocycles. The quantitative estimate of drug-likeness (QED) is 0.206. The van der Waals surface area contributed by atoms with Crippen molar-refractivity contribution >= 4 is 21.7 Å². The molecule has 1 rings (SSSR count). The fraction of sp³-hybridized carbons (Fsp3) is 0.750. The van der Waals surface area contributed by atoms with E-state index >= 15 is 0 Å². The van der Waals surface area contributed by atoms with Gasteiger partial charge in [0, 0.05) is 5.57 Å². The van der Waals surface area contributed by atoms with Gasteiger partial charge in [-0.1, -0.05) is 0 Å². The fourth-order valence-electron chi connectivity index (χ4n) is 1.47. The highest BCUT2D eigenvalue weighted by Crippen LogP contribution is 2.20. The minimum atomic E-state index is -3.95. The number of rotatable bonds is 5. The van der Waals surface area contributed by atoms with Crippen LogP contribution in [-0.2, 0) is 10.1 Å². The Balaban J connectivity index is 2.43. The molecule has 9 heteroatoms. The summed E-state index contributed by atoms with van der Waals surface area (Å²) in [5.74, 6) is -0.527. The molecular weight excluding hydrogens is 272 g/mol. The lowest BCUT2D eigenvalue weighted by Gasteiger charge is -2.28. The summed E-state index contributed by atoms with van der Waals surface area (Å²) in [4.78, 5) is 0. The van der Waals surface area contributed by atoms with Gasteiger partial charge in [-0.15, -0.1) is 11.6 Å². The van der Waals surface area contributed by atoms with Crippen molar-refractivity contribution in [3.05, 3.63) is 11.5 Å². The van der Waals surface area contributed by atoms with Gasteiger partial charge < -0.3 is 15.5 Å². The van der Waals surface area contributed by atoms with Crippen LogP contribution in [0.25, 0.3) is 0 Å². The van der Waals surface area contributed by atoms with Crippen LogP contribution in [0, 0.1) is 0 Å². The van der Waals surface area contributed by atoms with E-state index in [9.17, 15) is 13.5 Å². The van der Waals surface area contributed by atoms with Crippen molar-refractivity contribution in [3.8, 4) is 0 Å². The molecule has 7 nitrogen and oxygen atoms in total. The highest BCUT2D eigenvalue weighted by molar-refractivity contribution is 7.85. The van der Waals surface area contributed by atoms with E-state index in [1.807, 2.05) is 0 Å². The normalized spacial score (nSPS) is 25.8. The number of halogens is 1. The lowest BCUT2D eigenvalue weighted by molar-refractivity contribution is 0.0811. The molecule has 0 aromatic carbocycles. The van der Waals surface area contributed by atoms with Crippen LogP contribution >= 0.6 is 11.6 Å². The highest BCUT2D eigenvalue weighted by Gasteiger charge is 2.24.